The summed E-state index contributed by atoms with van der Waals surface area (Å²) in [7, 11) is 0. The van der Waals surface area contributed by atoms with Gasteiger partial charge >= 0.3 is 0 Å². The van der Waals surface area contributed by atoms with Crippen molar-refractivity contribution in [3.8, 4) is 0 Å². The fourth-order valence-electron chi connectivity index (χ4n) is 3.13. The van der Waals surface area contributed by atoms with E-state index in [-0.39, 0.29) is 12.0 Å². The molecule has 1 aliphatic heterocycles. The summed E-state index contributed by atoms with van der Waals surface area (Å²) < 4.78 is 5.76. The Balaban J connectivity index is 1.63. The molecule has 0 spiro atoms. The van der Waals surface area contributed by atoms with Crippen LogP contribution in [-0.2, 0) is 4.74 Å². The number of hydrogen-bond donors (Lipinski definition) is 2. The molecule has 1 aromatic heterocycles. The Hall–Kier alpha value is -1.81. The van der Waals surface area contributed by atoms with Crippen molar-refractivity contribution in [1.82, 2.24) is 10.3 Å². The third-order valence-electron chi connectivity index (χ3n) is 4.26. The number of H-pyrrole nitrogens is 1. The molecular weight excluding hydrogens is 264 g/mol. The summed E-state index contributed by atoms with van der Waals surface area (Å²) in [6.07, 6.45) is 3.17. The van der Waals surface area contributed by atoms with Gasteiger partial charge in [-0.1, -0.05) is 13.8 Å². The molecule has 21 heavy (non-hydrogen) atoms. The maximum atomic E-state index is 12.3. The fourth-order valence-corrected chi connectivity index (χ4v) is 3.13. The van der Waals surface area contributed by atoms with E-state index in [0.29, 0.717) is 23.9 Å². The summed E-state index contributed by atoms with van der Waals surface area (Å²) in [5.74, 6) is 0.906. The number of aromatic nitrogens is 1. The lowest BCUT2D eigenvalue weighted by Crippen LogP contribution is -2.34. The molecule has 4 nitrogen and oxygen atoms in total. The minimum absolute atomic E-state index is 0.00694. The first-order chi connectivity index (χ1) is 10.1. The third-order valence-corrected chi connectivity index (χ3v) is 4.26. The van der Waals surface area contributed by atoms with Crippen LogP contribution in [0.15, 0.2) is 30.5 Å². The van der Waals surface area contributed by atoms with E-state index in [1.165, 1.54) is 0 Å². The maximum absolute atomic E-state index is 12.3. The molecule has 2 N–H and O–H groups in total. The van der Waals surface area contributed by atoms with Crippen LogP contribution in [0.25, 0.3) is 10.9 Å². The van der Waals surface area contributed by atoms with Crippen molar-refractivity contribution in [3.63, 3.8) is 0 Å². The predicted octanol–water partition coefficient (Wildman–Crippen LogP) is 2.96. The standard InChI is InChI=1S/C17H22N2O2/c1-11(2)16-14(6-8-21-16)10-19-17(20)13-3-4-15-12(9-13)5-7-18-15/h3-5,7,9,11,14,16,18H,6,8,10H2,1-2H3,(H,19,20)/t14-,16+/m1/s1. The van der Waals surface area contributed by atoms with Crippen molar-refractivity contribution in [2.75, 3.05) is 13.2 Å². The van der Waals surface area contributed by atoms with Crippen molar-refractivity contribution < 1.29 is 9.53 Å². The van der Waals surface area contributed by atoms with Crippen molar-refractivity contribution >= 4 is 16.8 Å². The van der Waals surface area contributed by atoms with Crippen molar-refractivity contribution in [2.24, 2.45) is 11.8 Å². The van der Waals surface area contributed by atoms with Gasteiger partial charge in [0.1, 0.15) is 0 Å². The highest BCUT2D eigenvalue weighted by Crippen LogP contribution is 2.26. The van der Waals surface area contributed by atoms with Gasteiger partial charge in [-0.3, -0.25) is 4.79 Å². The summed E-state index contributed by atoms with van der Waals surface area (Å²) in [6.45, 7) is 5.83. The summed E-state index contributed by atoms with van der Waals surface area (Å²) in [4.78, 5) is 15.4. The van der Waals surface area contributed by atoms with Gasteiger partial charge in [-0.05, 0) is 36.6 Å². The second-order valence-corrected chi connectivity index (χ2v) is 6.12. The number of nitrogens with one attached hydrogen (secondary N) is 2. The van der Waals surface area contributed by atoms with Gasteiger partial charge in [0.15, 0.2) is 0 Å². The smallest absolute Gasteiger partial charge is 0.251 e. The fraction of sp³-hybridized carbons (Fsp3) is 0.471. The van der Waals surface area contributed by atoms with E-state index >= 15 is 0 Å². The molecule has 2 atom stereocenters. The Morgan fingerprint density at radius 3 is 3.10 bits per heavy atom. The van der Waals surface area contributed by atoms with Crippen LogP contribution in [0.3, 0.4) is 0 Å². The second kappa shape index (κ2) is 5.90. The molecule has 0 unspecified atom stereocenters. The molecule has 112 valence electrons. The molecule has 1 amide bonds. The highest BCUT2D eigenvalue weighted by Gasteiger charge is 2.30. The highest BCUT2D eigenvalue weighted by molar-refractivity contribution is 5.98. The zero-order valence-corrected chi connectivity index (χ0v) is 12.6. The molecule has 0 aliphatic carbocycles. The summed E-state index contributed by atoms with van der Waals surface area (Å²) >= 11 is 0. The molecular formula is C17H22N2O2. The van der Waals surface area contributed by atoms with Crippen LogP contribution in [0.5, 0.6) is 0 Å². The highest BCUT2D eigenvalue weighted by atomic mass is 16.5. The van der Waals surface area contributed by atoms with Gasteiger partial charge in [-0.25, -0.2) is 0 Å². The van der Waals surface area contributed by atoms with Gasteiger partial charge in [0, 0.05) is 41.7 Å². The van der Waals surface area contributed by atoms with Gasteiger partial charge in [0.05, 0.1) is 6.10 Å². The number of fused-ring (bicyclic) bond motifs is 1. The molecule has 2 heterocycles. The number of amides is 1. The lowest BCUT2D eigenvalue weighted by molar-refractivity contribution is 0.0533. The molecule has 1 fully saturated rings. The Kier molecular flexibility index (Phi) is 3.97. The van der Waals surface area contributed by atoms with Crippen LogP contribution >= 0.6 is 0 Å². The normalized spacial score (nSPS) is 22.0. The average molecular weight is 286 g/mol. The van der Waals surface area contributed by atoms with Crippen LogP contribution < -0.4 is 5.32 Å². The number of benzene rings is 1. The lowest BCUT2D eigenvalue weighted by Gasteiger charge is -2.22. The average Bonchev–Trinajstić information content (AvgIpc) is 3.12. The van der Waals surface area contributed by atoms with Crippen LogP contribution in [0.4, 0.5) is 0 Å². The van der Waals surface area contributed by atoms with Crippen molar-refractivity contribution in [1.29, 1.82) is 0 Å². The number of ether oxygens (including phenoxy) is 1. The number of rotatable bonds is 4. The molecule has 0 saturated carbocycles. The number of carbonyl (C=O) groups excluding carboxylic acids is 1. The second-order valence-electron chi connectivity index (χ2n) is 6.12. The van der Waals surface area contributed by atoms with E-state index in [1.54, 1.807) is 0 Å². The van der Waals surface area contributed by atoms with Gasteiger partial charge < -0.3 is 15.0 Å². The van der Waals surface area contributed by atoms with E-state index in [0.717, 1.165) is 23.9 Å². The van der Waals surface area contributed by atoms with Crippen LogP contribution in [0.2, 0.25) is 0 Å². The van der Waals surface area contributed by atoms with E-state index in [4.69, 9.17) is 4.74 Å². The SMILES string of the molecule is CC(C)[C@@H]1OCC[C@@H]1CNC(=O)c1ccc2[nH]ccc2c1. The molecule has 0 radical (unpaired) electrons. The molecule has 3 rings (SSSR count). The monoisotopic (exact) mass is 286 g/mol. The first kappa shape index (κ1) is 14.1. The summed E-state index contributed by atoms with van der Waals surface area (Å²) in [5.41, 5.74) is 1.76. The van der Waals surface area contributed by atoms with Crippen molar-refractivity contribution in [2.45, 2.75) is 26.4 Å². The lowest BCUT2D eigenvalue weighted by atomic mass is 9.93. The Morgan fingerprint density at radius 1 is 1.43 bits per heavy atom. The largest absolute Gasteiger partial charge is 0.378 e. The zero-order valence-electron chi connectivity index (χ0n) is 12.6. The number of carbonyl (C=O) groups is 1. The first-order valence-corrected chi connectivity index (χ1v) is 7.62. The van der Waals surface area contributed by atoms with Crippen LogP contribution in [0, 0.1) is 11.8 Å². The first-order valence-electron chi connectivity index (χ1n) is 7.62. The predicted molar refractivity (Wildman–Crippen MR) is 83.3 cm³/mol. The molecule has 1 aromatic carbocycles. The zero-order chi connectivity index (χ0) is 14.8. The molecule has 0 bridgehead atoms. The molecule has 1 aliphatic rings. The molecule has 1 saturated heterocycles. The van der Waals surface area contributed by atoms with Gasteiger partial charge in [0.25, 0.3) is 5.91 Å². The number of hydrogen-bond acceptors (Lipinski definition) is 2. The van der Waals surface area contributed by atoms with E-state index in [1.807, 2.05) is 30.5 Å². The summed E-state index contributed by atoms with van der Waals surface area (Å²) in [6, 6.07) is 7.71. The minimum Gasteiger partial charge on any atom is -0.378 e. The Bertz CT molecular complexity index is 633. The topological polar surface area (TPSA) is 54.1 Å². The quantitative estimate of drug-likeness (QED) is 0.908. The molecule has 2 aromatic rings. The van der Waals surface area contributed by atoms with Crippen LogP contribution in [-0.4, -0.2) is 30.1 Å². The van der Waals surface area contributed by atoms with Crippen molar-refractivity contribution in [3.05, 3.63) is 36.0 Å². The molecule has 4 heteroatoms. The van der Waals surface area contributed by atoms with E-state index < -0.39 is 0 Å². The Morgan fingerprint density at radius 2 is 2.29 bits per heavy atom. The number of aromatic amines is 1. The third kappa shape index (κ3) is 2.95. The van der Waals surface area contributed by atoms with E-state index in [2.05, 4.69) is 24.1 Å². The summed E-state index contributed by atoms with van der Waals surface area (Å²) in [5, 5.41) is 4.12. The van der Waals surface area contributed by atoms with Gasteiger partial charge in [-0.2, -0.15) is 0 Å². The Labute approximate surface area is 124 Å². The minimum atomic E-state index is -0.00694. The van der Waals surface area contributed by atoms with E-state index in [9.17, 15) is 4.79 Å². The maximum Gasteiger partial charge on any atom is 0.251 e. The van der Waals surface area contributed by atoms with Gasteiger partial charge in [0.2, 0.25) is 0 Å². The van der Waals surface area contributed by atoms with Crippen LogP contribution in [0.1, 0.15) is 30.6 Å². The van der Waals surface area contributed by atoms with Gasteiger partial charge in [-0.15, -0.1) is 0 Å².